The minimum atomic E-state index is -3.52. The second-order valence-corrected chi connectivity index (χ2v) is 8.08. The van der Waals surface area contributed by atoms with Crippen LogP contribution >= 0.6 is 0 Å². The van der Waals surface area contributed by atoms with Gasteiger partial charge in [0.25, 0.3) is 5.91 Å². The predicted octanol–water partition coefficient (Wildman–Crippen LogP) is 1.56. The first-order chi connectivity index (χ1) is 12.4. The second-order valence-electron chi connectivity index (χ2n) is 6.14. The van der Waals surface area contributed by atoms with Crippen molar-refractivity contribution in [2.75, 3.05) is 38.0 Å². The number of nitrogens with zero attached hydrogens (tertiary/aromatic N) is 3. The lowest BCUT2D eigenvalue weighted by atomic mass is 10.3. The van der Waals surface area contributed by atoms with Crippen molar-refractivity contribution in [3.8, 4) is 0 Å². The van der Waals surface area contributed by atoms with Gasteiger partial charge in [-0.1, -0.05) is 12.1 Å². The minimum absolute atomic E-state index is 0.174. The standard InChI is InChI=1S/C17H22N4O4S/c1-3-20-8-10-21(11-9-20)26(23,24)15-6-4-14(5-7-15)18-17(22)16-12-13(2)25-19-16/h4-7,12H,3,8-11H2,1-2H3,(H,18,22). The predicted molar refractivity (Wildman–Crippen MR) is 96.5 cm³/mol. The molecule has 1 aromatic carbocycles. The number of nitrogens with one attached hydrogen (secondary N) is 1. The van der Waals surface area contributed by atoms with Crippen LogP contribution in [0.5, 0.6) is 0 Å². The van der Waals surface area contributed by atoms with Crippen LogP contribution in [0.1, 0.15) is 23.2 Å². The van der Waals surface area contributed by atoms with Crippen LogP contribution in [-0.4, -0.2) is 61.4 Å². The van der Waals surface area contributed by atoms with E-state index in [1.165, 1.54) is 22.5 Å². The van der Waals surface area contributed by atoms with Crippen molar-refractivity contribution in [1.82, 2.24) is 14.4 Å². The van der Waals surface area contributed by atoms with Gasteiger partial charge in [0.15, 0.2) is 5.69 Å². The van der Waals surface area contributed by atoms with Gasteiger partial charge in [-0.15, -0.1) is 0 Å². The molecule has 8 nitrogen and oxygen atoms in total. The molecule has 0 unspecified atom stereocenters. The first-order valence-corrected chi connectivity index (χ1v) is 9.91. The third-order valence-electron chi connectivity index (χ3n) is 4.39. The third kappa shape index (κ3) is 3.95. The number of piperazine rings is 1. The van der Waals surface area contributed by atoms with Crippen LogP contribution in [0.3, 0.4) is 0 Å². The molecular formula is C17H22N4O4S. The molecule has 1 amide bonds. The summed E-state index contributed by atoms with van der Waals surface area (Å²) in [5, 5.41) is 6.32. The Bertz CT molecular complexity index is 868. The lowest BCUT2D eigenvalue weighted by Gasteiger charge is -2.33. The zero-order valence-electron chi connectivity index (χ0n) is 14.8. The summed E-state index contributed by atoms with van der Waals surface area (Å²) in [4.78, 5) is 14.5. The highest BCUT2D eigenvalue weighted by Gasteiger charge is 2.27. The van der Waals surface area contributed by atoms with Gasteiger partial charge < -0.3 is 14.7 Å². The van der Waals surface area contributed by atoms with E-state index in [0.717, 1.165) is 19.6 Å². The molecule has 0 spiro atoms. The molecule has 2 aromatic rings. The summed E-state index contributed by atoms with van der Waals surface area (Å²) in [7, 11) is -3.52. The van der Waals surface area contributed by atoms with E-state index >= 15 is 0 Å². The second kappa shape index (κ2) is 7.56. The Kier molecular flexibility index (Phi) is 5.40. The molecule has 1 aliphatic heterocycles. The largest absolute Gasteiger partial charge is 0.361 e. The normalized spacial score (nSPS) is 16.5. The van der Waals surface area contributed by atoms with E-state index in [1.54, 1.807) is 19.1 Å². The molecule has 0 saturated carbocycles. The Morgan fingerprint density at radius 1 is 1.19 bits per heavy atom. The van der Waals surface area contributed by atoms with E-state index in [2.05, 4.69) is 22.3 Å². The number of hydrogen-bond acceptors (Lipinski definition) is 6. The zero-order chi connectivity index (χ0) is 18.7. The van der Waals surface area contributed by atoms with E-state index in [9.17, 15) is 13.2 Å². The molecule has 3 rings (SSSR count). The lowest BCUT2D eigenvalue weighted by molar-refractivity contribution is 0.101. The molecule has 0 atom stereocenters. The van der Waals surface area contributed by atoms with Crippen molar-refractivity contribution in [2.24, 2.45) is 0 Å². The van der Waals surface area contributed by atoms with Crippen molar-refractivity contribution in [3.05, 3.63) is 41.8 Å². The smallest absolute Gasteiger partial charge is 0.277 e. The molecule has 1 N–H and O–H groups in total. The Balaban J connectivity index is 1.68. The molecule has 0 bridgehead atoms. The molecule has 1 fully saturated rings. The number of carbonyl (C=O) groups is 1. The molecule has 1 aliphatic rings. The summed E-state index contributed by atoms with van der Waals surface area (Å²) >= 11 is 0. The monoisotopic (exact) mass is 378 g/mol. The van der Waals surface area contributed by atoms with Crippen molar-refractivity contribution in [1.29, 1.82) is 0 Å². The van der Waals surface area contributed by atoms with Crippen molar-refractivity contribution >= 4 is 21.6 Å². The lowest BCUT2D eigenvalue weighted by Crippen LogP contribution is -2.48. The van der Waals surface area contributed by atoms with Crippen LogP contribution in [0.25, 0.3) is 0 Å². The van der Waals surface area contributed by atoms with Crippen LogP contribution in [0.2, 0.25) is 0 Å². The van der Waals surface area contributed by atoms with Gasteiger partial charge in [0.1, 0.15) is 5.76 Å². The van der Waals surface area contributed by atoms with Gasteiger partial charge >= 0.3 is 0 Å². The molecule has 26 heavy (non-hydrogen) atoms. The summed E-state index contributed by atoms with van der Waals surface area (Å²) in [6.07, 6.45) is 0. The Labute approximate surface area is 152 Å². The Hall–Kier alpha value is -2.23. The molecule has 140 valence electrons. The Morgan fingerprint density at radius 3 is 2.38 bits per heavy atom. The number of likely N-dealkylation sites (N-methyl/N-ethyl adjacent to an activating group) is 1. The van der Waals surface area contributed by atoms with Crippen LogP contribution in [0, 0.1) is 6.92 Å². The fraction of sp³-hybridized carbons (Fsp3) is 0.412. The highest BCUT2D eigenvalue weighted by molar-refractivity contribution is 7.89. The molecule has 2 heterocycles. The number of hydrogen-bond donors (Lipinski definition) is 1. The number of anilines is 1. The average Bonchev–Trinajstić information content (AvgIpc) is 3.09. The molecular weight excluding hydrogens is 356 g/mol. The van der Waals surface area contributed by atoms with Gasteiger partial charge in [0, 0.05) is 37.9 Å². The summed E-state index contributed by atoms with van der Waals surface area (Å²) in [5.74, 6) is 0.132. The molecule has 9 heteroatoms. The van der Waals surface area contributed by atoms with Crippen molar-refractivity contribution in [2.45, 2.75) is 18.7 Å². The number of sulfonamides is 1. The fourth-order valence-corrected chi connectivity index (χ4v) is 4.24. The minimum Gasteiger partial charge on any atom is -0.361 e. The van der Waals surface area contributed by atoms with Crippen LogP contribution in [0.15, 0.2) is 39.8 Å². The summed E-state index contributed by atoms with van der Waals surface area (Å²) in [5.41, 5.74) is 0.665. The maximum Gasteiger partial charge on any atom is 0.277 e. The Morgan fingerprint density at radius 2 is 1.85 bits per heavy atom. The number of benzene rings is 1. The quantitative estimate of drug-likeness (QED) is 0.848. The summed E-state index contributed by atoms with van der Waals surface area (Å²) < 4.78 is 31.9. The van der Waals surface area contributed by atoms with E-state index in [-0.39, 0.29) is 10.6 Å². The first kappa shape index (κ1) is 18.6. The first-order valence-electron chi connectivity index (χ1n) is 8.47. The molecule has 1 aromatic heterocycles. The van der Waals surface area contributed by atoms with E-state index < -0.39 is 15.9 Å². The van der Waals surface area contributed by atoms with E-state index in [0.29, 0.717) is 24.5 Å². The van der Waals surface area contributed by atoms with Crippen LogP contribution in [-0.2, 0) is 10.0 Å². The van der Waals surface area contributed by atoms with Gasteiger partial charge in [-0.25, -0.2) is 8.42 Å². The van der Waals surface area contributed by atoms with Crippen LogP contribution < -0.4 is 5.32 Å². The summed E-state index contributed by atoms with van der Waals surface area (Å²) in [6, 6.07) is 7.68. The maximum atomic E-state index is 12.7. The third-order valence-corrected chi connectivity index (χ3v) is 6.30. The highest BCUT2D eigenvalue weighted by atomic mass is 32.2. The number of rotatable bonds is 5. The van der Waals surface area contributed by atoms with Gasteiger partial charge in [-0.3, -0.25) is 4.79 Å². The number of amides is 1. The SMILES string of the molecule is CCN1CCN(S(=O)(=O)c2ccc(NC(=O)c3cc(C)on3)cc2)CC1. The van der Waals surface area contributed by atoms with Crippen molar-refractivity contribution < 1.29 is 17.7 Å². The van der Waals surface area contributed by atoms with E-state index in [4.69, 9.17) is 4.52 Å². The van der Waals surface area contributed by atoms with Gasteiger partial charge in [0.2, 0.25) is 10.0 Å². The van der Waals surface area contributed by atoms with Crippen LogP contribution in [0.4, 0.5) is 5.69 Å². The molecule has 0 radical (unpaired) electrons. The van der Waals surface area contributed by atoms with Gasteiger partial charge in [-0.05, 0) is 37.7 Å². The molecule has 0 aliphatic carbocycles. The highest BCUT2D eigenvalue weighted by Crippen LogP contribution is 2.20. The van der Waals surface area contributed by atoms with Gasteiger partial charge in [-0.2, -0.15) is 4.31 Å². The fourth-order valence-electron chi connectivity index (χ4n) is 2.81. The number of carbonyl (C=O) groups excluding carboxylic acids is 1. The number of aromatic nitrogens is 1. The zero-order valence-corrected chi connectivity index (χ0v) is 15.6. The molecule has 1 saturated heterocycles. The van der Waals surface area contributed by atoms with Crippen molar-refractivity contribution in [3.63, 3.8) is 0 Å². The summed E-state index contributed by atoms with van der Waals surface area (Å²) in [6.45, 7) is 7.14. The van der Waals surface area contributed by atoms with Gasteiger partial charge in [0.05, 0.1) is 4.90 Å². The topological polar surface area (TPSA) is 95.8 Å². The van der Waals surface area contributed by atoms with E-state index in [1.807, 2.05) is 0 Å². The number of aryl methyl sites for hydroxylation is 1. The maximum absolute atomic E-state index is 12.7. The average molecular weight is 378 g/mol.